The zero-order chi connectivity index (χ0) is 19.5. The summed E-state index contributed by atoms with van der Waals surface area (Å²) < 4.78 is 10.7. The van der Waals surface area contributed by atoms with Gasteiger partial charge in [0.15, 0.2) is 5.96 Å². The second-order valence-corrected chi connectivity index (χ2v) is 6.97. The molecule has 6 heteroatoms. The summed E-state index contributed by atoms with van der Waals surface area (Å²) in [5, 5.41) is 6.82. The third-order valence-corrected chi connectivity index (χ3v) is 5.25. The van der Waals surface area contributed by atoms with Crippen molar-refractivity contribution in [2.75, 3.05) is 46.9 Å². The van der Waals surface area contributed by atoms with Crippen LogP contribution >= 0.6 is 0 Å². The number of guanidine groups is 1. The van der Waals surface area contributed by atoms with E-state index in [1.165, 1.54) is 38.9 Å². The predicted octanol–water partition coefficient (Wildman–Crippen LogP) is 2.88. The Hall–Kier alpha value is -1.95. The maximum absolute atomic E-state index is 5.46. The van der Waals surface area contributed by atoms with E-state index in [1.807, 2.05) is 18.2 Å². The standard InChI is InChI=1S/C21H36N4O2/c1-5-22-21(23-12-9-17-10-13-25(6-2)14-11-17)24-16-18-7-8-19(26-3)15-20(18)27-4/h7-8,15,17H,5-6,9-14,16H2,1-4H3,(H2,22,23,24). The summed E-state index contributed by atoms with van der Waals surface area (Å²) in [6.45, 7) is 10.4. The number of piperidine rings is 1. The van der Waals surface area contributed by atoms with Crippen molar-refractivity contribution in [1.82, 2.24) is 15.5 Å². The van der Waals surface area contributed by atoms with E-state index < -0.39 is 0 Å². The monoisotopic (exact) mass is 376 g/mol. The smallest absolute Gasteiger partial charge is 0.191 e. The lowest BCUT2D eigenvalue weighted by atomic mass is 9.93. The van der Waals surface area contributed by atoms with Crippen molar-refractivity contribution in [3.63, 3.8) is 0 Å². The SMILES string of the molecule is CCNC(=NCc1ccc(OC)cc1OC)NCCC1CCN(CC)CC1. The fourth-order valence-corrected chi connectivity index (χ4v) is 3.47. The molecule has 0 aromatic heterocycles. The van der Waals surface area contributed by atoms with Crippen molar-refractivity contribution in [3.05, 3.63) is 23.8 Å². The molecule has 1 fully saturated rings. The van der Waals surface area contributed by atoms with Crippen molar-refractivity contribution in [3.8, 4) is 11.5 Å². The largest absolute Gasteiger partial charge is 0.497 e. The molecular formula is C21H36N4O2. The van der Waals surface area contributed by atoms with E-state index in [1.54, 1.807) is 14.2 Å². The first kappa shape index (κ1) is 21.4. The highest BCUT2D eigenvalue weighted by Gasteiger charge is 2.17. The molecule has 27 heavy (non-hydrogen) atoms. The van der Waals surface area contributed by atoms with Crippen LogP contribution in [0.15, 0.2) is 23.2 Å². The third kappa shape index (κ3) is 6.94. The molecule has 0 amide bonds. The number of rotatable bonds is 9. The first-order chi connectivity index (χ1) is 13.2. The maximum Gasteiger partial charge on any atom is 0.191 e. The molecule has 2 N–H and O–H groups in total. The predicted molar refractivity (Wildman–Crippen MR) is 112 cm³/mol. The van der Waals surface area contributed by atoms with Crippen LogP contribution in [0.25, 0.3) is 0 Å². The van der Waals surface area contributed by atoms with E-state index in [9.17, 15) is 0 Å². The third-order valence-electron chi connectivity index (χ3n) is 5.25. The minimum Gasteiger partial charge on any atom is -0.497 e. The molecule has 1 heterocycles. The number of hydrogen-bond donors (Lipinski definition) is 2. The van der Waals surface area contributed by atoms with Gasteiger partial charge >= 0.3 is 0 Å². The summed E-state index contributed by atoms with van der Waals surface area (Å²) in [5.74, 6) is 3.28. The van der Waals surface area contributed by atoms with Crippen molar-refractivity contribution in [2.45, 2.75) is 39.7 Å². The summed E-state index contributed by atoms with van der Waals surface area (Å²) in [4.78, 5) is 7.26. The van der Waals surface area contributed by atoms with Crippen molar-refractivity contribution >= 4 is 5.96 Å². The zero-order valence-electron chi connectivity index (χ0n) is 17.4. The van der Waals surface area contributed by atoms with Gasteiger partial charge in [0, 0.05) is 24.7 Å². The summed E-state index contributed by atoms with van der Waals surface area (Å²) in [6, 6.07) is 5.84. The van der Waals surface area contributed by atoms with E-state index >= 15 is 0 Å². The van der Waals surface area contributed by atoms with E-state index in [2.05, 4.69) is 29.4 Å². The molecule has 0 bridgehead atoms. The fraction of sp³-hybridized carbons (Fsp3) is 0.667. The number of hydrogen-bond acceptors (Lipinski definition) is 4. The molecule has 0 radical (unpaired) electrons. The van der Waals surface area contributed by atoms with E-state index in [-0.39, 0.29) is 0 Å². The molecule has 1 aromatic carbocycles. The molecule has 1 aliphatic rings. The molecule has 0 spiro atoms. The molecule has 2 rings (SSSR count). The Labute approximate surface area is 164 Å². The molecule has 0 unspecified atom stereocenters. The van der Waals surface area contributed by atoms with Gasteiger partial charge in [0.1, 0.15) is 11.5 Å². The summed E-state index contributed by atoms with van der Waals surface area (Å²) in [5.41, 5.74) is 1.04. The van der Waals surface area contributed by atoms with Crippen LogP contribution in [0.2, 0.25) is 0 Å². The Balaban J connectivity index is 1.85. The van der Waals surface area contributed by atoms with Gasteiger partial charge in [-0.2, -0.15) is 0 Å². The molecule has 0 saturated carbocycles. The Morgan fingerprint density at radius 2 is 1.93 bits per heavy atom. The Morgan fingerprint density at radius 1 is 1.15 bits per heavy atom. The topological polar surface area (TPSA) is 58.1 Å². The Kier molecular flexibility index (Phi) is 9.25. The van der Waals surface area contributed by atoms with Crippen molar-refractivity contribution in [2.24, 2.45) is 10.9 Å². The first-order valence-corrected chi connectivity index (χ1v) is 10.2. The molecule has 1 aromatic rings. The summed E-state index contributed by atoms with van der Waals surface area (Å²) in [6.07, 6.45) is 3.83. The van der Waals surface area contributed by atoms with Gasteiger partial charge in [0.2, 0.25) is 0 Å². The lowest BCUT2D eigenvalue weighted by molar-refractivity contribution is 0.187. The van der Waals surface area contributed by atoms with Crippen LogP contribution in [0, 0.1) is 5.92 Å². The van der Waals surface area contributed by atoms with E-state index in [0.717, 1.165) is 42.0 Å². The van der Waals surface area contributed by atoms with Crippen LogP contribution in [0.3, 0.4) is 0 Å². The van der Waals surface area contributed by atoms with Gasteiger partial charge < -0.3 is 25.0 Å². The number of aliphatic imine (C=N–C) groups is 1. The number of nitrogens with zero attached hydrogens (tertiary/aromatic N) is 2. The zero-order valence-corrected chi connectivity index (χ0v) is 17.4. The van der Waals surface area contributed by atoms with E-state index in [0.29, 0.717) is 6.54 Å². The van der Waals surface area contributed by atoms with Gasteiger partial charge in [-0.3, -0.25) is 0 Å². The number of ether oxygens (including phenoxy) is 2. The molecule has 6 nitrogen and oxygen atoms in total. The highest BCUT2D eigenvalue weighted by atomic mass is 16.5. The minimum absolute atomic E-state index is 0.567. The highest BCUT2D eigenvalue weighted by Crippen LogP contribution is 2.25. The molecule has 0 atom stereocenters. The lowest BCUT2D eigenvalue weighted by Crippen LogP contribution is -2.39. The van der Waals surface area contributed by atoms with Gasteiger partial charge in [-0.1, -0.05) is 6.92 Å². The summed E-state index contributed by atoms with van der Waals surface area (Å²) in [7, 11) is 3.33. The molecular weight excluding hydrogens is 340 g/mol. The number of methoxy groups -OCH3 is 2. The first-order valence-electron chi connectivity index (χ1n) is 10.2. The second kappa shape index (κ2) is 11.7. The van der Waals surface area contributed by atoms with Gasteiger partial charge in [-0.15, -0.1) is 0 Å². The average Bonchev–Trinajstić information content (AvgIpc) is 2.72. The normalized spacial score (nSPS) is 16.2. The van der Waals surface area contributed by atoms with Gasteiger partial charge in [-0.05, 0) is 63.9 Å². The van der Waals surface area contributed by atoms with Crippen LogP contribution in [-0.4, -0.2) is 57.8 Å². The molecule has 1 aliphatic heterocycles. The average molecular weight is 377 g/mol. The minimum atomic E-state index is 0.567. The van der Waals surface area contributed by atoms with Crippen molar-refractivity contribution in [1.29, 1.82) is 0 Å². The van der Waals surface area contributed by atoms with Crippen LogP contribution in [0.5, 0.6) is 11.5 Å². The maximum atomic E-state index is 5.46. The van der Waals surface area contributed by atoms with Gasteiger partial charge in [-0.25, -0.2) is 4.99 Å². The Bertz CT molecular complexity index is 584. The van der Waals surface area contributed by atoms with Crippen molar-refractivity contribution < 1.29 is 9.47 Å². The molecule has 1 saturated heterocycles. The van der Waals surface area contributed by atoms with E-state index in [4.69, 9.17) is 14.5 Å². The Morgan fingerprint density at radius 3 is 2.56 bits per heavy atom. The van der Waals surface area contributed by atoms with Crippen LogP contribution < -0.4 is 20.1 Å². The quantitative estimate of drug-likeness (QED) is 0.513. The van der Waals surface area contributed by atoms with Crippen LogP contribution in [0.1, 0.15) is 38.7 Å². The molecule has 0 aliphatic carbocycles. The van der Waals surface area contributed by atoms with Gasteiger partial charge in [0.25, 0.3) is 0 Å². The van der Waals surface area contributed by atoms with Gasteiger partial charge in [0.05, 0.1) is 20.8 Å². The summed E-state index contributed by atoms with van der Waals surface area (Å²) >= 11 is 0. The van der Waals surface area contributed by atoms with Crippen LogP contribution in [0.4, 0.5) is 0 Å². The fourth-order valence-electron chi connectivity index (χ4n) is 3.47. The second-order valence-electron chi connectivity index (χ2n) is 6.97. The number of benzene rings is 1. The highest BCUT2D eigenvalue weighted by molar-refractivity contribution is 5.79. The number of nitrogens with one attached hydrogen (secondary N) is 2. The lowest BCUT2D eigenvalue weighted by Gasteiger charge is -2.31. The van der Waals surface area contributed by atoms with Crippen LogP contribution in [-0.2, 0) is 6.54 Å². The molecule has 152 valence electrons. The number of likely N-dealkylation sites (tertiary alicyclic amines) is 1.